The summed E-state index contributed by atoms with van der Waals surface area (Å²) < 4.78 is 0. The van der Waals surface area contributed by atoms with Crippen LogP contribution in [0.2, 0.25) is 10.2 Å². The van der Waals surface area contributed by atoms with E-state index in [4.69, 9.17) is 23.2 Å². The van der Waals surface area contributed by atoms with Crippen LogP contribution in [0.3, 0.4) is 0 Å². The molecule has 0 atom stereocenters. The van der Waals surface area contributed by atoms with E-state index in [0.717, 1.165) is 5.56 Å². The minimum Gasteiger partial charge on any atom is -0.213 e. The van der Waals surface area contributed by atoms with Crippen LogP contribution in [0.4, 0.5) is 0 Å². The van der Waals surface area contributed by atoms with Gasteiger partial charge in [-0.05, 0) is 24.3 Å². The minimum absolute atomic E-state index is 0.324. The van der Waals surface area contributed by atoms with E-state index in [2.05, 4.69) is 15.2 Å². The summed E-state index contributed by atoms with van der Waals surface area (Å²) in [5.41, 5.74) is 0.837. The number of aromatic nitrogens is 3. The summed E-state index contributed by atoms with van der Waals surface area (Å²) in [4.78, 5) is 4.02. The van der Waals surface area contributed by atoms with Crippen molar-refractivity contribution in [3.63, 3.8) is 0 Å². The SMILES string of the molecule is Clc1ccc(-c2nncc(Cl)n2)cc1. The van der Waals surface area contributed by atoms with Gasteiger partial charge in [0.15, 0.2) is 11.0 Å². The van der Waals surface area contributed by atoms with Gasteiger partial charge >= 0.3 is 0 Å². The summed E-state index contributed by atoms with van der Waals surface area (Å²) >= 11 is 11.4. The van der Waals surface area contributed by atoms with Crippen LogP contribution in [0, 0.1) is 0 Å². The van der Waals surface area contributed by atoms with Gasteiger partial charge in [-0.1, -0.05) is 23.2 Å². The monoisotopic (exact) mass is 225 g/mol. The Labute approximate surface area is 90.7 Å². The molecule has 70 valence electrons. The molecule has 0 N–H and O–H groups in total. The van der Waals surface area contributed by atoms with Crippen molar-refractivity contribution in [2.24, 2.45) is 0 Å². The van der Waals surface area contributed by atoms with Crippen LogP contribution in [0.15, 0.2) is 30.5 Å². The summed E-state index contributed by atoms with van der Waals surface area (Å²) in [5, 5.41) is 8.55. The second-order valence-corrected chi connectivity index (χ2v) is 3.43. The molecule has 0 unspecified atom stereocenters. The van der Waals surface area contributed by atoms with Crippen molar-refractivity contribution in [1.29, 1.82) is 0 Å². The van der Waals surface area contributed by atoms with Gasteiger partial charge in [0, 0.05) is 10.6 Å². The summed E-state index contributed by atoms with van der Waals surface area (Å²) in [6.45, 7) is 0. The molecular weight excluding hydrogens is 221 g/mol. The number of halogens is 2. The predicted molar refractivity (Wildman–Crippen MR) is 55.3 cm³/mol. The summed E-state index contributed by atoms with van der Waals surface area (Å²) in [7, 11) is 0. The topological polar surface area (TPSA) is 38.7 Å². The van der Waals surface area contributed by atoms with E-state index < -0.39 is 0 Å². The van der Waals surface area contributed by atoms with Crippen molar-refractivity contribution >= 4 is 23.2 Å². The lowest BCUT2D eigenvalue weighted by Gasteiger charge is -1.98. The summed E-state index contributed by atoms with van der Waals surface area (Å²) in [6, 6.07) is 7.16. The average Bonchev–Trinajstić information content (AvgIpc) is 2.19. The van der Waals surface area contributed by atoms with Crippen molar-refractivity contribution in [2.75, 3.05) is 0 Å². The molecule has 5 heteroatoms. The molecule has 0 fully saturated rings. The van der Waals surface area contributed by atoms with Crippen molar-refractivity contribution in [3.05, 3.63) is 40.6 Å². The van der Waals surface area contributed by atoms with Crippen LogP contribution in [0.25, 0.3) is 11.4 Å². The van der Waals surface area contributed by atoms with Crippen molar-refractivity contribution in [1.82, 2.24) is 15.2 Å². The molecule has 1 aromatic carbocycles. The van der Waals surface area contributed by atoms with Crippen molar-refractivity contribution in [3.8, 4) is 11.4 Å². The Morgan fingerprint density at radius 1 is 1.00 bits per heavy atom. The van der Waals surface area contributed by atoms with Crippen LogP contribution < -0.4 is 0 Å². The average molecular weight is 226 g/mol. The van der Waals surface area contributed by atoms with Gasteiger partial charge in [-0.3, -0.25) is 0 Å². The lowest BCUT2D eigenvalue weighted by molar-refractivity contribution is 0.980. The normalized spacial score (nSPS) is 10.1. The highest BCUT2D eigenvalue weighted by Gasteiger charge is 2.01. The first-order valence-electron chi connectivity index (χ1n) is 3.87. The number of hydrogen-bond donors (Lipinski definition) is 0. The number of benzene rings is 1. The second-order valence-electron chi connectivity index (χ2n) is 2.61. The zero-order valence-electron chi connectivity index (χ0n) is 6.98. The molecule has 14 heavy (non-hydrogen) atoms. The largest absolute Gasteiger partial charge is 0.213 e. The number of nitrogens with zero attached hydrogens (tertiary/aromatic N) is 3. The van der Waals surface area contributed by atoms with E-state index >= 15 is 0 Å². The fourth-order valence-electron chi connectivity index (χ4n) is 1.00. The van der Waals surface area contributed by atoms with Gasteiger partial charge in [0.2, 0.25) is 0 Å². The van der Waals surface area contributed by atoms with E-state index in [1.165, 1.54) is 6.20 Å². The summed E-state index contributed by atoms with van der Waals surface area (Å²) in [5.74, 6) is 0.495. The van der Waals surface area contributed by atoms with Crippen LogP contribution in [0.1, 0.15) is 0 Å². The van der Waals surface area contributed by atoms with E-state index in [1.807, 2.05) is 12.1 Å². The molecular formula is C9H5Cl2N3. The molecule has 2 aromatic rings. The van der Waals surface area contributed by atoms with Gasteiger partial charge in [0.05, 0.1) is 6.20 Å². The maximum absolute atomic E-state index is 5.75. The first kappa shape index (κ1) is 9.37. The molecule has 2 rings (SSSR count). The summed E-state index contributed by atoms with van der Waals surface area (Å²) in [6.07, 6.45) is 1.39. The smallest absolute Gasteiger partial charge is 0.183 e. The molecule has 1 heterocycles. The van der Waals surface area contributed by atoms with Crippen molar-refractivity contribution < 1.29 is 0 Å². The lowest BCUT2D eigenvalue weighted by Crippen LogP contribution is -1.91. The van der Waals surface area contributed by atoms with Crippen molar-refractivity contribution in [2.45, 2.75) is 0 Å². The van der Waals surface area contributed by atoms with Gasteiger partial charge in [0.1, 0.15) is 0 Å². The Hall–Kier alpha value is -1.19. The molecule has 0 radical (unpaired) electrons. The highest BCUT2D eigenvalue weighted by molar-refractivity contribution is 6.30. The highest BCUT2D eigenvalue weighted by Crippen LogP contribution is 2.18. The Balaban J connectivity index is 2.44. The third kappa shape index (κ3) is 2.00. The van der Waals surface area contributed by atoms with E-state index in [9.17, 15) is 0 Å². The Bertz CT molecular complexity index is 442. The first-order chi connectivity index (χ1) is 6.75. The fourth-order valence-corrected chi connectivity index (χ4v) is 1.25. The predicted octanol–water partition coefficient (Wildman–Crippen LogP) is 2.85. The quantitative estimate of drug-likeness (QED) is 0.750. The van der Waals surface area contributed by atoms with E-state index in [0.29, 0.717) is 16.0 Å². The zero-order valence-corrected chi connectivity index (χ0v) is 8.50. The Kier molecular flexibility index (Phi) is 2.61. The second kappa shape index (κ2) is 3.90. The molecule has 3 nitrogen and oxygen atoms in total. The first-order valence-corrected chi connectivity index (χ1v) is 4.62. The van der Waals surface area contributed by atoms with Crippen LogP contribution in [-0.2, 0) is 0 Å². The van der Waals surface area contributed by atoms with Crippen LogP contribution in [-0.4, -0.2) is 15.2 Å². The maximum Gasteiger partial charge on any atom is 0.183 e. The molecule has 0 aliphatic carbocycles. The Morgan fingerprint density at radius 3 is 2.36 bits per heavy atom. The molecule has 0 bridgehead atoms. The third-order valence-corrected chi connectivity index (χ3v) is 2.07. The standard InChI is InChI=1S/C9H5Cl2N3/c10-7-3-1-6(2-4-7)9-13-8(11)5-12-14-9/h1-5H. The highest BCUT2D eigenvalue weighted by atomic mass is 35.5. The Morgan fingerprint density at radius 2 is 1.71 bits per heavy atom. The van der Waals surface area contributed by atoms with Crippen LogP contribution in [0.5, 0.6) is 0 Å². The van der Waals surface area contributed by atoms with Crippen LogP contribution >= 0.6 is 23.2 Å². The van der Waals surface area contributed by atoms with Gasteiger partial charge < -0.3 is 0 Å². The molecule has 0 amide bonds. The van der Waals surface area contributed by atoms with E-state index in [1.54, 1.807) is 12.1 Å². The minimum atomic E-state index is 0.324. The molecule has 0 spiro atoms. The lowest BCUT2D eigenvalue weighted by atomic mass is 10.2. The van der Waals surface area contributed by atoms with Gasteiger partial charge in [-0.2, -0.15) is 5.10 Å². The number of rotatable bonds is 1. The fraction of sp³-hybridized carbons (Fsp3) is 0. The third-order valence-electron chi connectivity index (χ3n) is 1.63. The van der Waals surface area contributed by atoms with Gasteiger partial charge in [-0.15, -0.1) is 5.10 Å². The number of hydrogen-bond acceptors (Lipinski definition) is 3. The zero-order chi connectivity index (χ0) is 9.97. The molecule has 0 saturated heterocycles. The molecule has 1 aromatic heterocycles. The molecule has 0 saturated carbocycles. The van der Waals surface area contributed by atoms with Gasteiger partial charge in [0.25, 0.3) is 0 Å². The van der Waals surface area contributed by atoms with E-state index in [-0.39, 0.29) is 0 Å². The maximum atomic E-state index is 5.75. The molecule has 0 aliphatic rings. The van der Waals surface area contributed by atoms with Gasteiger partial charge in [-0.25, -0.2) is 4.98 Å². The molecule has 0 aliphatic heterocycles.